The molecule has 128 valence electrons. The van der Waals surface area contributed by atoms with E-state index in [4.69, 9.17) is 16.3 Å². The zero-order valence-electron chi connectivity index (χ0n) is 14.1. The first-order valence-electron chi connectivity index (χ1n) is 7.63. The topological polar surface area (TPSA) is 63.1 Å². The molecule has 0 aliphatic carbocycles. The van der Waals surface area contributed by atoms with Gasteiger partial charge in [0.25, 0.3) is 11.8 Å². The highest BCUT2D eigenvalue weighted by Gasteiger charge is 2.18. The van der Waals surface area contributed by atoms with Crippen LogP contribution in [-0.2, 0) is 9.59 Å². The lowest BCUT2D eigenvalue weighted by atomic mass is 10.3. The summed E-state index contributed by atoms with van der Waals surface area (Å²) in [5.41, 5.74) is 0.521. The molecule has 1 aromatic carbocycles. The average Bonchev–Trinajstić information content (AvgIpc) is 2.48. The molecular weight excluding hydrogens is 318 g/mol. The number of rotatable bonds is 8. The number of methoxy groups -OCH3 is 1. The molecule has 0 aliphatic rings. The van der Waals surface area contributed by atoms with Crippen molar-refractivity contribution in [3.8, 4) is 5.75 Å². The predicted molar refractivity (Wildman–Crippen MR) is 91.2 cm³/mol. The minimum Gasteiger partial charge on any atom is -0.495 e. The molecular formula is C16H25ClN3O3+. The molecule has 0 aliphatic heterocycles. The number of benzene rings is 1. The molecule has 1 unspecified atom stereocenters. The standard InChI is InChI=1S/C16H24ClN3O3/c1-5-20(6-2)16(22)11-19(3)10-15(21)18-13-9-12(17)7-8-14(13)23-4/h7-9H,5-6,10-11H2,1-4H3,(H,18,21)/p+1. The SMILES string of the molecule is CCN(CC)C(=O)C[NH+](C)CC(=O)Nc1cc(Cl)ccc1OC. The maximum Gasteiger partial charge on any atom is 0.279 e. The molecule has 0 saturated carbocycles. The van der Waals surface area contributed by atoms with Gasteiger partial charge in [-0.1, -0.05) is 11.6 Å². The van der Waals surface area contributed by atoms with Crippen molar-refractivity contribution >= 4 is 29.1 Å². The molecule has 0 bridgehead atoms. The normalized spacial score (nSPS) is 11.7. The van der Waals surface area contributed by atoms with Crippen molar-refractivity contribution in [3.05, 3.63) is 23.2 Å². The third-order valence-electron chi connectivity index (χ3n) is 3.47. The predicted octanol–water partition coefficient (Wildman–Crippen LogP) is 0.670. The second kappa shape index (κ2) is 9.37. The Bertz CT molecular complexity index is 547. The van der Waals surface area contributed by atoms with Crippen LogP contribution >= 0.6 is 11.6 Å². The third-order valence-corrected chi connectivity index (χ3v) is 3.70. The van der Waals surface area contributed by atoms with E-state index in [1.54, 1.807) is 23.1 Å². The zero-order chi connectivity index (χ0) is 17.4. The van der Waals surface area contributed by atoms with Gasteiger partial charge in [-0.15, -0.1) is 0 Å². The maximum absolute atomic E-state index is 12.1. The van der Waals surface area contributed by atoms with Crippen molar-refractivity contribution in [1.82, 2.24) is 4.90 Å². The fourth-order valence-corrected chi connectivity index (χ4v) is 2.43. The molecule has 7 heteroatoms. The van der Waals surface area contributed by atoms with E-state index in [2.05, 4.69) is 5.32 Å². The number of carbonyl (C=O) groups is 2. The molecule has 23 heavy (non-hydrogen) atoms. The summed E-state index contributed by atoms with van der Waals surface area (Å²) < 4.78 is 5.19. The van der Waals surface area contributed by atoms with Crippen LogP contribution in [0, 0.1) is 0 Å². The maximum atomic E-state index is 12.1. The lowest BCUT2D eigenvalue weighted by molar-refractivity contribution is -0.862. The number of nitrogens with one attached hydrogen (secondary N) is 2. The Kier molecular flexibility index (Phi) is 7.85. The van der Waals surface area contributed by atoms with E-state index in [9.17, 15) is 9.59 Å². The number of anilines is 1. The van der Waals surface area contributed by atoms with Crippen LogP contribution in [0.5, 0.6) is 5.75 Å². The summed E-state index contributed by atoms with van der Waals surface area (Å²) in [6.45, 7) is 5.69. The van der Waals surface area contributed by atoms with Crippen molar-refractivity contribution in [1.29, 1.82) is 0 Å². The number of halogens is 1. The zero-order valence-corrected chi connectivity index (χ0v) is 14.9. The number of quaternary nitrogens is 1. The summed E-state index contributed by atoms with van der Waals surface area (Å²) in [6.07, 6.45) is 0. The second-order valence-corrected chi connectivity index (χ2v) is 5.71. The van der Waals surface area contributed by atoms with Gasteiger partial charge in [0.05, 0.1) is 19.8 Å². The number of ether oxygens (including phenoxy) is 1. The number of carbonyl (C=O) groups excluding carboxylic acids is 2. The van der Waals surface area contributed by atoms with Crippen molar-refractivity contribution in [3.63, 3.8) is 0 Å². The summed E-state index contributed by atoms with van der Waals surface area (Å²) in [6, 6.07) is 5.02. The minimum atomic E-state index is -0.199. The van der Waals surface area contributed by atoms with Crippen LogP contribution in [0.15, 0.2) is 18.2 Å². The Hall–Kier alpha value is -1.79. The van der Waals surface area contributed by atoms with E-state index in [0.29, 0.717) is 29.5 Å². The van der Waals surface area contributed by atoms with Crippen molar-refractivity contribution in [2.75, 3.05) is 45.7 Å². The molecule has 0 radical (unpaired) electrons. The molecule has 0 aromatic heterocycles. The van der Waals surface area contributed by atoms with Crippen LogP contribution < -0.4 is 15.0 Å². The molecule has 1 atom stereocenters. The van der Waals surface area contributed by atoms with Gasteiger partial charge < -0.3 is 19.9 Å². The molecule has 6 nitrogen and oxygen atoms in total. The fraction of sp³-hybridized carbons (Fsp3) is 0.500. The van der Waals surface area contributed by atoms with E-state index in [1.165, 1.54) is 7.11 Å². The highest BCUT2D eigenvalue weighted by molar-refractivity contribution is 6.31. The number of hydrogen-bond donors (Lipinski definition) is 2. The molecule has 1 rings (SSSR count). The number of likely N-dealkylation sites (N-methyl/N-ethyl adjacent to an activating group) is 2. The highest BCUT2D eigenvalue weighted by Crippen LogP contribution is 2.27. The summed E-state index contributed by atoms with van der Waals surface area (Å²) in [5.74, 6) is 0.385. The third kappa shape index (κ3) is 6.08. The first kappa shape index (κ1) is 19.3. The summed E-state index contributed by atoms with van der Waals surface area (Å²) in [4.78, 5) is 26.7. The Morgan fingerprint density at radius 2 is 1.91 bits per heavy atom. The number of hydrogen-bond acceptors (Lipinski definition) is 3. The van der Waals surface area contributed by atoms with Crippen LogP contribution in [0.25, 0.3) is 0 Å². The smallest absolute Gasteiger partial charge is 0.279 e. The van der Waals surface area contributed by atoms with E-state index in [0.717, 1.165) is 4.90 Å². The minimum absolute atomic E-state index is 0.0423. The molecule has 0 saturated heterocycles. The van der Waals surface area contributed by atoms with Crippen molar-refractivity contribution in [2.24, 2.45) is 0 Å². The molecule has 1 aromatic rings. The van der Waals surface area contributed by atoms with E-state index in [-0.39, 0.29) is 24.9 Å². The highest BCUT2D eigenvalue weighted by atomic mass is 35.5. The molecule has 2 N–H and O–H groups in total. The van der Waals surface area contributed by atoms with Gasteiger partial charge in [0.2, 0.25) is 0 Å². The first-order valence-corrected chi connectivity index (χ1v) is 8.01. The fourth-order valence-electron chi connectivity index (χ4n) is 2.26. The lowest BCUT2D eigenvalue weighted by Crippen LogP contribution is -3.11. The van der Waals surface area contributed by atoms with Crippen LogP contribution in [0.4, 0.5) is 5.69 Å². The van der Waals surface area contributed by atoms with Gasteiger partial charge in [0.15, 0.2) is 13.1 Å². The van der Waals surface area contributed by atoms with E-state index in [1.807, 2.05) is 20.9 Å². The Morgan fingerprint density at radius 1 is 1.26 bits per heavy atom. The Balaban J connectivity index is 2.59. The monoisotopic (exact) mass is 342 g/mol. The van der Waals surface area contributed by atoms with Crippen molar-refractivity contribution in [2.45, 2.75) is 13.8 Å². The van der Waals surface area contributed by atoms with Gasteiger partial charge in [-0.05, 0) is 32.0 Å². The van der Waals surface area contributed by atoms with Crippen LogP contribution in [0.3, 0.4) is 0 Å². The Morgan fingerprint density at radius 3 is 2.48 bits per heavy atom. The van der Waals surface area contributed by atoms with E-state index < -0.39 is 0 Å². The number of nitrogens with zero attached hydrogens (tertiary/aromatic N) is 1. The second-order valence-electron chi connectivity index (χ2n) is 5.27. The van der Waals surface area contributed by atoms with Gasteiger partial charge in [0, 0.05) is 18.1 Å². The van der Waals surface area contributed by atoms with Gasteiger partial charge in [-0.25, -0.2) is 0 Å². The van der Waals surface area contributed by atoms with Crippen LogP contribution in [0.1, 0.15) is 13.8 Å². The van der Waals surface area contributed by atoms with E-state index >= 15 is 0 Å². The van der Waals surface area contributed by atoms with Crippen molar-refractivity contribution < 1.29 is 19.2 Å². The summed E-state index contributed by atoms with van der Waals surface area (Å²) in [7, 11) is 3.34. The molecule has 0 heterocycles. The first-order chi connectivity index (χ1) is 10.9. The number of amides is 2. The average molecular weight is 343 g/mol. The quantitative estimate of drug-likeness (QED) is 0.730. The van der Waals surface area contributed by atoms with Gasteiger partial charge in [-0.2, -0.15) is 0 Å². The van der Waals surface area contributed by atoms with Gasteiger partial charge in [0.1, 0.15) is 5.75 Å². The van der Waals surface area contributed by atoms with Gasteiger partial charge >= 0.3 is 0 Å². The molecule has 0 fully saturated rings. The summed E-state index contributed by atoms with van der Waals surface area (Å²) in [5, 5.41) is 3.28. The Labute approximate surface area is 142 Å². The lowest BCUT2D eigenvalue weighted by Gasteiger charge is -2.21. The molecule has 2 amide bonds. The molecule has 0 spiro atoms. The van der Waals surface area contributed by atoms with Gasteiger partial charge in [-0.3, -0.25) is 9.59 Å². The van der Waals surface area contributed by atoms with Crippen LogP contribution in [-0.4, -0.2) is 57.1 Å². The largest absolute Gasteiger partial charge is 0.495 e. The van der Waals surface area contributed by atoms with Crippen LogP contribution in [0.2, 0.25) is 5.02 Å². The summed E-state index contributed by atoms with van der Waals surface area (Å²) >= 11 is 5.94.